The van der Waals surface area contributed by atoms with Crippen molar-refractivity contribution < 1.29 is 0 Å². The molecule has 1 saturated carbocycles. The Hall–Kier alpha value is -1.77. The second kappa shape index (κ2) is 5.70. The predicted octanol–water partition coefficient (Wildman–Crippen LogP) is 4.06. The zero-order valence-corrected chi connectivity index (χ0v) is 12.1. The molecule has 0 saturated heterocycles. The van der Waals surface area contributed by atoms with Gasteiger partial charge in [0.05, 0.1) is 11.2 Å². The van der Waals surface area contributed by atoms with Crippen LogP contribution in [0.5, 0.6) is 0 Å². The van der Waals surface area contributed by atoms with Gasteiger partial charge >= 0.3 is 0 Å². The van der Waals surface area contributed by atoms with Crippen molar-refractivity contribution >= 4 is 22.3 Å². The maximum absolute atomic E-state index is 5.99. The minimum atomic E-state index is 0.748. The topological polar surface area (TPSA) is 50.9 Å². The average molecular weight is 269 g/mol. The predicted molar refractivity (Wildman–Crippen MR) is 85.8 cm³/mol. The highest BCUT2D eigenvalue weighted by Gasteiger charge is 2.18. The first-order valence-corrected chi connectivity index (χ1v) is 7.61. The first-order valence-electron chi connectivity index (χ1n) is 7.61. The molecule has 1 aliphatic carbocycles. The lowest BCUT2D eigenvalue weighted by Crippen LogP contribution is -2.20. The lowest BCUT2D eigenvalue weighted by Gasteiger charge is -2.26. The van der Waals surface area contributed by atoms with Gasteiger partial charge in [-0.2, -0.15) is 0 Å². The Bertz CT molecular complexity index is 586. The molecule has 106 valence electrons. The molecule has 2 aromatic rings. The van der Waals surface area contributed by atoms with Crippen molar-refractivity contribution in [3.8, 4) is 0 Å². The van der Waals surface area contributed by atoms with E-state index in [1.54, 1.807) is 6.20 Å². The Kier molecular flexibility index (Phi) is 3.77. The van der Waals surface area contributed by atoms with Gasteiger partial charge in [0.25, 0.3) is 0 Å². The van der Waals surface area contributed by atoms with Crippen LogP contribution in [0.3, 0.4) is 0 Å². The van der Waals surface area contributed by atoms with E-state index in [0.717, 1.165) is 40.7 Å². The van der Waals surface area contributed by atoms with E-state index in [0.29, 0.717) is 0 Å². The number of hydrogen-bond donors (Lipinski definition) is 2. The third-order valence-electron chi connectivity index (χ3n) is 4.52. The summed E-state index contributed by atoms with van der Waals surface area (Å²) < 4.78 is 0. The van der Waals surface area contributed by atoms with Crippen LogP contribution in [0.15, 0.2) is 30.5 Å². The van der Waals surface area contributed by atoms with E-state index in [2.05, 4.69) is 29.4 Å². The Balaban J connectivity index is 1.73. The molecular weight excluding hydrogens is 246 g/mol. The summed E-state index contributed by atoms with van der Waals surface area (Å²) in [6.45, 7) is 3.42. The molecule has 0 spiro atoms. The van der Waals surface area contributed by atoms with Crippen molar-refractivity contribution in [3.63, 3.8) is 0 Å². The Morgan fingerprint density at radius 2 is 2.00 bits per heavy atom. The molecule has 0 amide bonds. The van der Waals surface area contributed by atoms with E-state index < -0.39 is 0 Å². The van der Waals surface area contributed by atoms with Crippen molar-refractivity contribution in [1.82, 2.24) is 4.98 Å². The molecule has 20 heavy (non-hydrogen) atoms. The molecule has 3 N–H and O–H groups in total. The summed E-state index contributed by atoms with van der Waals surface area (Å²) in [4.78, 5) is 4.38. The van der Waals surface area contributed by atoms with E-state index in [-0.39, 0.29) is 0 Å². The second-order valence-corrected chi connectivity index (χ2v) is 6.11. The van der Waals surface area contributed by atoms with Gasteiger partial charge in [-0.3, -0.25) is 4.98 Å². The van der Waals surface area contributed by atoms with Gasteiger partial charge in [0.1, 0.15) is 0 Å². The summed E-state index contributed by atoms with van der Waals surface area (Å²) in [6.07, 6.45) is 7.23. The van der Waals surface area contributed by atoms with Crippen LogP contribution in [0.2, 0.25) is 0 Å². The molecule has 3 heteroatoms. The zero-order valence-electron chi connectivity index (χ0n) is 12.1. The number of rotatable bonds is 3. The van der Waals surface area contributed by atoms with Gasteiger partial charge < -0.3 is 11.1 Å². The highest BCUT2D eigenvalue weighted by molar-refractivity contribution is 5.98. The number of anilines is 2. The number of nitrogens with two attached hydrogens (primary N) is 1. The van der Waals surface area contributed by atoms with Gasteiger partial charge in [0, 0.05) is 23.8 Å². The second-order valence-electron chi connectivity index (χ2n) is 6.11. The van der Waals surface area contributed by atoms with Crippen LogP contribution in [0.1, 0.15) is 32.6 Å². The highest BCUT2D eigenvalue weighted by atomic mass is 14.9. The molecule has 0 bridgehead atoms. The molecule has 1 aromatic heterocycles. The first kappa shape index (κ1) is 13.2. The summed E-state index contributed by atoms with van der Waals surface area (Å²) in [7, 11) is 0. The van der Waals surface area contributed by atoms with Crippen LogP contribution < -0.4 is 11.1 Å². The number of fused-ring (bicyclic) bond motifs is 1. The zero-order chi connectivity index (χ0) is 13.9. The highest BCUT2D eigenvalue weighted by Crippen LogP contribution is 2.30. The van der Waals surface area contributed by atoms with Crippen molar-refractivity contribution in [2.24, 2.45) is 11.8 Å². The maximum atomic E-state index is 5.99. The van der Waals surface area contributed by atoms with Crippen LogP contribution in [-0.4, -0.2) is 11.5 Å². The van der Waals surface area contributed by atoms with Crippen molar-refractivity contribution in [2.75, 3.05) is 17.6 Å². The van der Waals surface area contributed by atoms with E-state index in [4.69, 9.17) is 5.73 Å². The summed E-state index contributed by atoms with van der Waals surface area (Å²) in [5, 5.41) is 4.73. The summed E-state index contributed by atoms with van der Waals surface area (Å²) in [5.74, 6) is 1.71. The fourth-order valence-electron chi connectivity index (χ4n) is 3.14. The number of pyridine rings is 1. The summed E-state index contributed by atoms with van der Waals surface area (Å²) in [5.41, 5.74) is 8.79. The minimum absolute atomic E-state index is 0.748. The molecule has 1 heterocycles. The molecule has 0 unspecified atom stereocenters. The van der Waals surface area contributed by atoms with Crippen LogP contribution >= 0.6 is 0 Å². The van der Waals surface area contributed by atoms with E-state index in [9.17, 15) is 0 Å². The van der Waals surface area contributed by atoms with Crippen LogP contribution in [0.4, 0.5) is 11.4 Å². The number of hydrogen-bond acceptors (Lipinski definition) is 3. The lowest BCUT2D eigenvalue weighted by atomic mass is 9.83. The van der Waals surface area contributed by atoms with Gasteiger partial charge in [0.2, 0.25) is 0 Å². The Labute approximate surface area is 120 Å². The first-order chi connectivity index (χ1) is 9.74. The number of nitrogens with zero attached hydrogens (tertiary/aromatic N) is 1. The SMILES string of the molecule is CC1CCC(CNc2ccc(N)c3ncccc23)CC1. The third-order valence-corrected chi connectivity index (χ3v) is 4.52. The fraction of sp³-hybridized carbons (Fsp3) is 0.471. The largest absolute Gasteiger partial charge is 0.397 e. The van der Waals surface area contributed by atoms with Crippen LogP contribution in [0.25, 0.3) is 10.9 Å². The molecule has 1 aromatic carbocycles. The molecule has 0 radical (unpaired) electrons. The molecule has 0 atom stereocenters. The van der Waals surface area contributed by atoms with E-state index in [1.165, 1.54) is 25.7 Å². The Morgan fingerprint density at radius 3 is 2.80 bits per heavy atom. The smallest absolute Gasteiger partial charge is 0.0951 e. The molecular formula is C17H23N3. The number of aromatic nitrogens is 1. The third kappa shape index (κ3) is 2.72. The molecule has 1 aliphatic rings. The van der Waals surface area contributed by atoms with Gasteiger partial charge in [-0.05, 0) is 48.9 Å². The van der Waals surface area contributed by atoms with Crippen molar-refractivity contribution in [2.45, 2.75) is 32.6 Å². The van der Waals surface area contributed by atoms with Crippen molar-refractivity contribution in [3.05, 3.63) is 30.5 Å². The minimum Gasteiger partial charge on any atom is -0.397 e. The van der Waals surface area contributed by atoms with Gasteiger partial charge in [0.15, 0.2) is 0 Å². The Morgan fingerprint density at radius 1 is 1.20 bits per heavy atom. The van der Waals surface area contributed by atoms with Crippen LogP contribution in [-0.2, 0) is 0 Å². The van der Waals surface area contributed by atoms with Crippen LogP contribution in [0, 0.1) is 11.8 Å². The monoisotopic (exact) mass is 269 g/mol. The normalized spacial score (nSPS) is 22.9. The van der Waals surface area contributed by atoms with Gasteiger partial charge in [-0.1, -0.05) is 19.8 Å². The van der Waals surface area contributed by atoms with E-state index >= 15 is 0 Å². The quantitative estimate of drug-likeness (QED) is 0.826. The standard InChI is InChI=1S/C17H23N3/c1-12-4-6-13(7-5-12)11-20-16-9-8-15(18)17-14(16)3-2-10-19-17/h2-3,8-10,12-13,20H,4-7,11,18H2,1H3. The van der Waals surface area contributed by atoms with E-state index in [1.807, 2.05) is 12.1 Å². The maximum Gasteiger partial charge on any atom is 0.0951 e. The molecule has 1 fully saturated rings. The average Bonchev–Trinajstić information content (AvgIpc) is 2.49. The van der Waals surface area contributed by atoms with Gasteiger partial charge in [-0.15, -0.1) is 0 Å². The molecule has 0 aliphatic heterocycles. The number of nitrogen functional groups attached to an aromatic ring is 1. The van der Waals surface area contributed by atoms with Gasteiger partial charge in [-0.25, -0.2) is 0 Å². The fourth-order valence-corrected chi connectivity index (χ4v) is 3.14. The number of benzene rings is 1. The summed E-state index contributed by atoms with van der Waals surface area (Å²) >= 11 is 0. The molecule has 3 rings (SSSR count). The number of nitrogens with one attached hydrogen (secondary N) is 1. The van der Waals surface area contributed by atoms with Crippen molar-refractivity contribution in [1.29, 1.82) is 0 Å². The molecule has 3 nitrogen and oxygen atoms in total. The summed E-state index contributed by atoms with van der Waals surface area (Å²) in [6, 6.07) is 8.07. The lowest BCUT2D eigenvalue weighted by molar-refractivity contribution is 0.300.